The van der Waals surface area contributed by atoms with Gasteiger partial charge in [0.05, 0.1) is 85.2 Å². The largest absolute Gasteiger partial charge is 0.495 e. The number of aliphatic hydroxyl groups excluding tert-OH is 1. The van der Waals surface area contributed by atoms with Gasteiger partial charge in [0.2, 0.25) is 23.6 Å². The fourth-order valence-electron chi connectivity index (χ4n) is 10.6. The van der Waals surface area contributed by atoms with E-state index >= 15 is 8.78 Å². The number of benzene rings is 4. The number of nitrogens with one attached hydrogen (secondary N) is 5. The first-order valence-corrected chi connectivity index (χ1v) is 29.1. The van der Waals surface area contributed by atoms with Gasteiger partial charge in [0, 0.05) is 54.2 Å². The maximum Gasteiger partial charge on any atom is 0.251 e. The van der Waals surface area contributed by atoms with E-state index in [0.29, 0.717) is 0 Å². The molecule has 0 saturated carbocycles. The van der Waals surface area contributed by atoms with Gasteiger partial charge >= 0.3 is 0 Å². The van der Waals surface area contributed by atoms with Gasteiger partial charge in [-0.2, -0.15) is 5.26 Å². The summed E-state index contributed by atoms with van der Waals surface area (Å²) < 4.78 is 54.6. The standard InChI is InChI=1S/C61H72Cl2F2N8O10S/c1-35-53(84-34-69-35)37-14-12-36(13-15-37)30-68-56(77)46-28-40(74)31-73(46)58(79)54(60(5,6)7)72-49(75)32-83-25-24-82-23-22-81-21-20-67-55(76)38-16-19-45(47(26-38)80-8)70-57(78)52-50(41-10-9-11-43(63)51(41)65)61(33-66,48(71-52)29-59(2,3)4)42-18-17-39(62)27-44(42)64/h9-19,26-27,34,40,46,48,50,52,54,71,74H,20-25,28-32H2,1-8H3,(H,67,76)(H,68,77)(H,70,78)(H,72,75)/t40-,46+,48-,50-,52+,54-,61-/m1/s1. The smallest absolute Gasteiger partial charge is 0.251 e. The molecule has 6 N–H and O–H groups in total. The predicted octanol–water partition coefficient (Wildman–Crippen LogP) is 8.26. The topological polar surface area (TPSA) is 243 Å². The molecule has 2 aliphatic rings. The van der Waals surface area contributed by atoms with Crippen molar-refractivity contribution < 1.29 is 56.8 Å². The minimum atomic E-state index is -1.84. The Morgan fingerprint density at radius 1 is 0.917 bits per heavy atom. The summed E-state index contributed by atoms with van der Waals surface area (Å²) in [4.78, 5) is 75.1. The highest BCUT2D eigenvalue weighted by atomic mass is 35.5. The second kappa shape index (κ2) is 28.5. The molecule has 5 aromatic rings. The van der Waals surface area contributed by atoms with Gasteiger partial charge in [0.15, 0.2) is 0 Å². The molecular weight excluding hydrogens is 1150 g/mol. The summed E-state index contributed by atoms with van der Waals surface area (Å²) in [5, 5.41) is 36.2. The molecule has 0 bridgehead atoms. The summed E-state index contributed by atoms with van der Waals surface area (Å²) in [6.45, 7) is 13.8. The first kappa shape index (κ1) is 64.9. The van der Waals surface area contributed by atoms with E-state index in [9.17, 15) is 34.3 Å². The Morgan fingerprint density at radius 3 is 2.26 bits per heavy atom. The number of hydrogen-bond donors (Lipinski definition) is 6. The maximum atomic E-state index is 16.2. The summed E-state index contributed by atoms with van der Waals surface area (Å²) >= 11 is 14.0. The van der Waals surface area contributed by atoms with Crippen LogP contribution in [-0.4, -0.2) is 135 Å². The molecule has 2 fully saturated rings. The summed E-state index contributed by atoms with van der Waals surface area (Å²) in [5.74, 6) is -5.43. The number of amides is 5. The summed E-state index contributed by atoms with van der Waals surface area (Å²) in [6, 6.07) is 18.5. The molecule has 7 rings (SSSR count). The maximum absolute atomic E-state index is 16.2. The van der Waals surface area contributed by atoms with E-state index in [1.165, 1.54) is 60.5 Å². The second-order valence-electron chi connectivity index (χ2n) is 23.1. The van der Waals surface area contributed by atoms with Gasteiger partial charge in [-0.25, -0.2) is 13.8 Å². The number of aromatic nitrogens is 1. The number of likely N-dealkylation sites (tertiary alicyclic amines) is 1. The Bertz CT molecular complexity index is 3210. The fraction of sp³-hybridized carbons (Fsp3) is 0.459. The van der Waals surface area contributed by atoms with Crippen LogP contribution in [-0.2, 0) is 45.3 Å². The lowest BCUT2D eigenvalue weighted by molar-refractivity contribution is -0.144. The summed E-state index contributed by atoms with van der Waals surface area (Å²) in [5.41, 5.74) is 1.81. The van der Waals surface area contributed by atoms with Crippen molar-refractivity contribution in [2.75, 3.05) is 65.2 Å². The van der Waals surface area contributed by atoms with E-state index in [-0.39, 0.29) is 110 Å². The van der Waals surface area contributed by atoms with E-state index in [1.807, 2.05) is 52.0 Å². The van der Waals surface area contributed by atoms with E-state index in [2.05, 4.69) is 37.6 Å². The SMILES string of the molecule is COc1cc(C(=O)NCCOCCOCCOCC(=O)N[C@H](C(=O)N2C[C@H](O)C[C@H]2C(=O)NCc2ccc(-c3scnc3C)cc2)C(C)(C)C)ccc1NC(=O)[C@H]1N[C@H](CC(C)(C)C)[C@@](C#N)(c2ccc(Cl)cc2F)[C@@H]1c1cccc(Cl)c1F. The highest BCUT2D eigenvalue weighted by molar-refractivity contribution is 7.13. The van der Waals surface area contributed by atoms with Crippen LogP contribution in [0.5, 0.6) is 5.75 Å². The van der Waals surface area contributed by atoms with Gasteiger partial charge in [-0.05, 0) is 77.3 Å². The number of nitriles is 1. The number of aryl methyl sites for hydroxylation is 1. The van der Waals surface area contributed by atoms with Crippen LogP contribution in [0, 0.1) is 40.7 Å². The molecule has 3 heterocycles. The van der Waals surface area contributed by atoms with Crippen molar-refractivity contribution in [2.24, 2.45) is 10.8 Å². The van der Waals surface area contributed by atoms with E-state index in [0.717, 1.165) is 27.8 Å². The number of halogens is 4. The summed E-state index contributed by atoms with van der Waals surface area (Å²) in [6.07, 6.45) is -0.584. The number of methoxy groups -OCH3 is 1. The zero-order valence-corrected chi connectivity index (χ0v) is 50.5. The Labute approximate surface area is 502 Å². The number of hydrogen-bond acceptors (Lipinski definition) is 14. The van der Waals surface area contributed by atoms with Crippen LogP contribution in [0.3, 0.4) is 0 Å². The molecule has 7 atom stereocenters. The van der Waals surface area contributed by atoms with Crippen molar-refractivity contribution in [3.8, 4) is 22.3 Å². The Kier molecular flexibility index (Phi) is 22.0. The van der Waals surface area contributed by atoms with Crippen LogP contribution in [0.1, 0.15) is 93.0 Å². The molecule has 450 valence electrons. The second-order valence-corrected chi connectivity index (χ2v) is 24.8. The fourth-order valence-corrected chi connectivity index (χ4v) is 11.8. The molecular formula is C61H72Cl2F2N8O10S. The molecule has 23 heteroatoms. The minimum absolute atomic E-state index is 0.0573. The first-order valence-electron chi connectivity index (χ1n) is 27.5. The van der Waals surface area contributed by atoms with Crippen molar-refractivity contribution in [1.29, 1.82) is 5.26 Å². The predicted molar refractivity (Wildman–Crippen MR) is 316 cm³/mol. The highest BCUT2D eigenvalue weighted by Crippen LogP contribution is 2.53. The molecule has 5 amide bonds. The number of carbonyl (C=O) groups excluding carboxylic acids is 5. The van der Waals surface area contributed by atoms with E-state index < -0.39 is 93.6 Å². The van der Waals surface area contributed by atoms with Crippen LogP contribution < -0.4 is 31.3 Å². The lowest BCUT2D eigenvalue weighted by atomic mass is 9.62. The number of carbonyl (C=O) groups is 5. The van der Waals surface area contributed by atoms with Crippen molar-refractivity contribution in [3.63, 3.8) is 0 Å². The number of aliphatic hydroxyl groups is 1. The average Bonchev–Trinajstić information content (AvgIpc) is 3.46. The monoisotopic (exact) mass is 1220 g/mol. The van der Waals surface area contributed by atoms with Gasteiger partial charge in [0.25, 0.3) is 5.91 Å². The quantitative estimate of drug-likeness (QED) is 0.0319. The molecule has 1 aromatic heterocycles. The van der Waals surface area contributed by atoms with Crippen molar-refractivity contribution >= 4 is 69.8 Å². The third kappa shape index (κ3) is 15.8. The van der Waals surface area contributed by atoms with Gasteiger partial charge in [0.1, 0.15) is 41.5 Å². The van der Waals surface area contributed by atoms with Gasteiger partial charge in [-0.3, -0.25) is 24.0 Å². The van der Waals surface area contributed by atoms with Crippen LogP contribution in [0.2, 0.25) is 10.0 Å². The lowest BCUT2D eigenvalue weighted by Gasteiger charge is -2.37. The van der Waals surface area contributed by atoms with Crippen molar-refractivity contribution in [3.05, 3.63) is 134 Å². The third-order valence-corrected chi connectivity index (χ3v) is 16.2. The first-order chi connectivity index (χ1) is 39.9. The highest BCUT2D eigenvalue weighted by Gasteiger charge is 2.61. The minimum Gasteiger partial charge on any atom is -0.495 e. The number of anilines is 1. The average molecular weight is 1220 g/mol. The molecule has 4 aromatic carbocycles. The number of rotatable bonds is 24. The molecule has 0 unspecified atom stereocenters. The Balaban J connectivity index is 0.838. The normalized spacial score (nSPS) is 20.0. The van der Waals surface area contributed by atoms with Crippen LogP contribution >= 0.6 is 34.5 Å². The van der Waals surface area contributed by atoms with Crippen molar-refractivity contribution in [2.45, 2.75) is 109 Å². The molecule has 0 spiro atoms. The molecule has 2 saturated heterocycles. The molecule has 18 nitrogen and oxygen atoms in total. The number of β-amino-alcohol motifs (C(OH)–C–C–N with tert-alkyl or cyclic N) is 1. The van der Waals surface area contributed by atoms with Crippen LogP contribution in [0.25, 0.3) is 10.4 Å². The zero-order chi connectivity index (χ0) is 61.1. The van der Waals surface area contributed by atoms with Crippen molar-refractivity contribution in [1.82, 2.24) is 31.2 Å². The third-order valence-electron chi connectivity index (χ3n) is 14.7. The van der Waals surface area contributed by atoms with Gasteiger partial charge < -0.3 is 55.5 Å². The zero-order valence-electron chi connectivity index (χ0n) is 48.2. The van der Waals surface area contributed by atoms with Gasteiger partial charge in [-0.15, -0.1) is 11.3 Å². The number of ether oxygens (including phenoxy) is 4. The number of nitrogens with zero attached hydrogens (tertiary/aromatic N) is 3. The molecule has 0 aliphatic carbocycles. The van der Waals surface area contributed by atoms with Crippen LogP contribution in [0.4, 0.5) is 14.5 Å². The van der Waals surface area contributed by atoms with Crippen LogP contribution in [0.15, 0.2) is 84.4 Å². The molecule has 0 radical (unpaired) electrons. The number of thiazole rings is 1. The van der Waals surface area contributed by atoms with E-state index in [1.54, 1.807) is 37.6 Å². The Morgan fingerprint density at radius 2 is 1.62 bits per heavy atom. The van der Waals surface area contributed by atoms with E-state index in [4.69, 9.17) is 42.1 Å². The molecule has 84 heavy (non-hydrogen) atoms. The summed E-state index contributed by atoms with van der Waals surface area (Å²) in [7, 11) is 1.36. The van der Waals surface area contributed by atoms with Gasteiger partial charge in [-0.1, -0.05) is 107 Å². The lowest BCUT2D eigenvalue weighted by Crippen LogP contribution is -2.58. The Hall–Kier alpha value is -6.61. The molecule has 2 aliphatic heterocycles.